The normalized spacial score (nSPS) is 11.8. The molecule has 0 fully saturated rings. The maximum atomic E-state index is 12.5. The van der Waals surface area contributed by atoms with Crippen molar-refractivity contribution >= 4 is 27.0 Å². The van der Waals surface area contributed by atoms with Crippen LogP contribution in [0.1, 0.15) is 43.5 Å². The monoisotopic (exact) mass is 474 g/mol. The standard InChI is InChI=1S/C28H30N2O3S/c1-5-8-15-26(22-12-10-14-25(17-22)34(32,33)7-3)27-18-23(19-29-20(27)4)21-11-9-13-24(16-21)30-28(31)6-2/h6,9-19H,2,5,7-8H2,1,3-4H3,(H,30,31)/b26-15-. The van der Waals surface area contributed by atoms with Crippen molar-refractivity contribution < 1.29 is 13.2 Å². The Balaban J connectivity index is 2.11. The van der Waals surface area contributed by atoms with Crippen molar-refractivity contribution in [1.29, 1.82) is 0 Å². The molecule has 0 saturated carbocycles. The minimum absolute atomic E-state index is 0.0548. The molecular formula is C28H30N2O3S. The lowest BCUT2D eigenvalue weighted by molar-refractivity contribution is -0.111. The van der Waals surface area contributed by atoms with Crippen LogP contribution in [-0.2, 0) is 14.6 Å². The highest BCUT2D eigenvalue weighted by Crippen LogP contribution is 2.32. The zero-order chi connectivity index (χ0) is 24.7. The molecule has 0 unspecified atom stereocenters. The third-order valence-corrected chi connectivity index (χ3v) is 7.28. The summed E-state index contributed by atoms with van der Waals surface area (Å²) in [6, 6.07) is 16.7. The maximum Gasteiger partial charge on any atom is 0.247 e. The van der Waals surface area contributed by atoms with Crippen molar-refractivity contribution in [3.8, 4) is 11.1 Å². The number of aromatic nitrogens is 1. The molecule has 0 aliphatic heterocycles. The summed E-state index contributed by atoms with van der Waals surface area (Å²) in [6.07, 6.45) is 7.01. The van der Waals surface area contributed by atoms with Crippen LogP contribution in [0.4, 0.5) is 5.69 Å². The Morgan fingerprint density at radius 1 is 1.06 bits per heavy atom. The van der Waals surface area contributed by atoms with Gasteiger partial charge in [-0.05, 0) is 66.5 Å². The van der Waals surface area contributed by atoms with Crippen LogP contribution < -0.4 is 5.32 Å². The highest BCUT2D eigenvalue weighted by molar-refractivity contribution is 7.91. The number of pyridine rings is 1. The van der Waals surface area contributed by atoms with Crippen LogP contribution in [-0.4, -0.2) is 25.1 Å². The Labute approximate surface area is 202 Å². The minimum Gasteiger partial charge on any atom is -0.323 e. The summed E-state index contributed by atoms with van der Waals surface area (Å²) in [5.74, 6) is -0.217. The molecule has 1 heterocycles. The Hall–Kier alpha value is -3.51. The van der Waals surface area contributed by atoms with Gasteiger partial charge in [0.05, 0.1) is 10.6 Å². The fraction of sp³-hybridized carbons (Fsp3) is 0.214. The molecule has 1 amide bonds. The first-order chi connectivity index (χ1) is 16.3. The number of amides is 1. The second kappa shape index (κ2) is 11.1. The molecule has 2 aromatic carbocycles. The highest BCUT2D eigenvalue weighted by Gasteiger charge is 2.16. The molecular weight excluding hydrogens is 444 g/mol. The lowest BCUT2D eigenvalue weighted by Crippen LogP contribution is -2.07. The molecule has 3 rings (SSSR count). The van der Waals surface area contributed by atoms with E-state index < -0.39 is 9.84 Å². The smallest absolute Gasteiger partial charge is 0.247 e. The van der Waals surface area contributed by atoms with E-state index in [1.807, 2.05) is 43.5 Å². The number of carbonyl (C=O) groups excluding carboxylic acids is 1. The Morgan fingerprint density at radius 2 is 1.82 bits per heavy atom. The molecule has 0 aliphatic rings. The number of unbranched alkanes of at least 4 members (excludes halogenated alkanes) is 1. The average Bonchev–Trinajstić information content (AvgIpc) is 2.85. The number of hydrogen-bond acceptors (Lipinski definition) is 4. The molecule has 0 radical (unpaired) electrons. The molecule has 5 nitrogen and oxygen atoms in total. The van der Waals surface area contributed by atoms with E-state index >= 15 is 0 Å². The number of carbonyl (C=O) groups is 1. The number of rotatable bonds is 9. The number of nitrogens with one attached hydrogen (secondary N) is 1. The maximum absolute atomic E-state index is 12.5. The summed E-state index contributed by atoms with van der Waals surface area (Å²) in [5, 5.41) is 2.78. The molecule has 1 aromatic heterocycles. The van der Waals surface area contributed by atoms with Crippen LogP contribution in [0, 0.1) is 6.92 Å². The summed E-state index contributed by atoms with van der Waals surface area (Å²) in [6.45, 7) is 9.20. The second-order valence-corrected chi connectivity index (χ2v) is 10.2. The summed E-state index contributed by atoms with van der Waals surface area (Å²) < 4.78 is 25.0. The molecule has 176 valence electrons. The molecule has 3 aromatic rings. The largest absolute Gasteiger partial charge is 0.323 e. The SMILES string of the molecule is C=CC(=O)Nc1cccc(-c2cnc(C)c(/C(=C\CCC)c3cccc(S(=O)(=O)CC)c3)c2)c1. The van der Waals surface area contributed by atoms with Gasteiger partial charge in [-0.25, -0.2) is 8.42 Å². The van der Waals surface area contributed by atoms with Crippen molar-refractivity contribution in [2.75, 3.05) is 11.1 Å². The lowest BCUT2D eigenvalue weighted by Gasteiger charge is -2.15. The number of hydrogen-bond donors (Lipinski definition) is 1. The van der Waals surface area contributed by atoms with Crippen LogP contribution in [0.3, 0.4) is 0 Å². The van der Waals surface area contributed by atoms with E-state index in [1.54, 1.807) is 25.1 Å². The Morgan fingerprint density at radius 3 is 2.53 bits per heavy atom. The fourth-order valence-corrected chi connectivity index (χ4v) is 4.55. The summed E-state index contributed by atoms with van der Waals surface area (Å²) >= 11 is 0. The Kier molecular flexibility index (Phi) is 8.18. The number of sulfone groups is 1. The van der Waals surface area contributed by atoms with Gasteiger partial charge in [0.25, 0.3) is 0 Å². The van der Waals surface area contributed by atoms with Gasteiger partial charge in [0.2, 0.25) is 5.91 Å². The zero-order valence-corrected chi connectivity index (χ0v) is 20.7. The number of nitrogens with zero attached hydrogens (tertiary/aromatic N) is 1. The quantitative estimate of drug-likeness (QED) is 0.374. The van der Waals surface area contributed by atoms with E-state index in [9.17, 15) is 13.2 Å². The molecule has 0 saturated heterocycles. The number of allylic oxidation sites excluding steroid dienone is 1. The molecule has 6 heteroatoms. The Bertz CT molecular complexity index is 1340. The van der Waals surface area contributed by atoms with Crippen molar-refractivity contribution in [3.05, 3.63) is 96.3 Å². The van der Waals surface area contributed by atoms with Crippen molar-refractivity contribution in [1.82, 2.24) is 4.98 Å². The first kappa shape index (κ1) is 25.1. The molecule has 0 spiro atoms. The van der Waals surface area contributed by atoms with E-state index in [4.69, 9.17) is 0 Å². The van der Waals surface area contributed by atoms with Crippen LogP contribution in [0.15, 0.2) is 84.4 Å². The predicted octanol–water partition coefficient (Wildman–Crippen LogP) is 6.21. The zero-order valence-electron chi connectivity index (χ0n) is 19.8. The number of anilines is 1. The van der Waals surface area contributed by atoms with Crippen molar-refractivity contribution in [2.24, 2.45) is 0 Å². The van der Waals surface area contributed by atoms with Crippen LogP contribution in [0.5, 0.6) is 0 Å². The molecule has 34 heavy (non-hydrogen) atoms. The first-order valence-corrected chi connectivity index (χ1v) is 13.0. The summed E-state index contributed by atoms with van der Waals surface area (Å²) in [4.78, 5) is 16.7. The van der Waals surface area contributed by atoms with Gasteiger partial charge in [-0.15, -0.1) is 0 Å². The number of aryl methyl sites for hydroxylation is 1. The third kappa shape index (κ3) is 5.88. The van der Waals surface area contributed by atoms with Crippen molar-refractivity contribution in [2.45, 2.75) is 38.5 Å². The van der Waals surface area contributed by atoms with Gasteiger partial charge in [0, 0.05) is 28.7 Å². The van der Waals surface area contributed by atoms with E-state index in [0.29, 0.717) is 10.6 Å². The lowest BCUT2D eigenvalue weighted by atomic mass is 9.93. The summed E-state index contributed by atoms with van der Waals surface area (Å²) in [5.41, 5.74) is 6.07. The van der Waals surface area contributed by atoms with Gasteiger partial charge >= 0.3 is 0 Å². The summed E-state index contributed by atoms with van der Waals surface area (Å²) in [7, 11) is -3.32. The van der Waals surface area contributed by atoms with E-state index in [2.05, 4.69) is 35.9 Å². The van der Waals surface area contributed by atoms with Gasteiger partial charge in [0.1, 0.15) is 0 Å². The van der Waals surface area contributed by atoms with Crippen LogP contribution in [0.25, 0.3) is 16.7 Å². The van der Waals surface area contributed by atoms with Gasteiger partial charge < -0.3 is 5.32 Å². The first-order valence-electron chi connectivity index (χ1n) is 11.3. The average molecular weight is 475 g/mol. The van der Waals surface area contributed by atoms with E-state index in [0.717, 1.165) is 46.4 Å². The van der Waals surface area contributed by atoms with Crippen LogP contribution in [0.2, 0.25) is 0 Å². The molecule has 0 aliphatic carbocycles. The van der Waals surface area contributed by atoms with E-state index in [-0.39, 0.29) is 11.7 Å². The predicted molar refractivity (Wildman–Crippen MR) is 139 cm³/mol. The second-order valence-electron chi connectivity index (χ2n) is 7.97. The minimum atomic E-state index is -3.32. The third-order valence-electron chi connectivity index (χ3n) is 5.55. The molecule has 0 bridgehead atoms. The fourth-order valence-electron chi connectivity index (χ4n) is 3.63. The van der Waals surface area contributed by atoms with Crippen molar-refractivity contribution in [3.63, 3.8) is 0 Å². The van der Waals surface area contributed by atoms with Gasteiger partial charge in [0.15, 0.2) is 9.84 Å². The van der Waals surface area contributed by atoms with Crippen LogP contribution >= 0.6 is 0 Å². The molecule has 0 atom stereocenters. The highest BCUT2D eigenvalue weighted by atomic mass is 32.2. The van der Waals surface area contributed by atoms with Gasteiger partial charge in [-0.3, -0.25) is 9.78 Å². The van der Waals surface area contributed by atoms with Gasteiger partial charge in [-0.2, -0.15) is 0 Å². The number of benzene rings is 2. The van der Waals surface area contributed by atoms with E-state index in [1.165, 1.54) is 6.08 Å². The topological polar surface area (TPSA) is 76.1 Å². The molecule has 1 N–H and O–H groups in total. The van der Waals surface area contributed by atoms with Gasteiger partial charge in [-0.1, -0.05) is 57.2 Å².